The number of amides is 1. The number of benzene rings is 2. The van der Waals surface area contributed by atoms with Crippen molar-refractivity contribution in [1.82, 2.24) is 5.43 Å². The topological polar surface area (TPSA) is 59.6 Å². The average molecular weight is 340 g/mol. The summed E-state index contributed by atoms with van der Waals surface area (Å²) in [5.41, 5.74) is 3.49. The maximum atomic E-state index is 12.9. The van der Waals surface area contributed by atoms with Crippen LogP contribution in [0.25, 0.3) is 0 Å². The van der Waals surface area contributed by atoms with E-state index in [9.17, 15) is 18.0 Å². The maximum Gasteiger partial charge on any atom is 0.418 e. The number of carbonyl (C=O) groups is 1. The number of rotatable bonds is 5. The third-order valence-corrected chi connectivity index (χ3v) is 3.19. The van der Waals surface area contributed by atoms with Crippen LogP contribution in [-0.4, -0.2) is 20.1 Å². The van der Waals surface area contributed by atoms with Crippen molar-refractivity contribution in [3.63, 3.8) is 0 Å². The van der Waals surface area contributed by atoms with Gasteiger partial charge >= 0.3 is 6.18 Å². The summed E-state index contributed by atoms with van der Waals surface area (Å²) in [6.45, 7) is 0. The summed E-state index contributed by atoms with van der Waals surface area (Å²) in [4.78, 5) is 12.2. The van der Waals surface area contributed by atoms with E-state index in [1.165, 1.54) is 44.6 Å². The van der Waals surface area contributed by atoms with Crippen LogP contribution in [0.5, 0.6) is 11.5 Å². The molecule has 0 heterocycles. The number of nitrogens with one attached hydrogen (secondary N) is 2. The van der Waals surface area contributed by atoms with Crippen molar-refractivity contribution in [3.8, 4) is 11.5 Å². The van der Waals surface area contributed by atoms with Crippen molar-refractivity contribution in [2.75, 3.05) is 19.6 Å². The first kappa shape index (κ1) is 17.5. The zero-order valence-electron chi connectivity index (χ0n) is 12.9. The van der Waals surface area contributed by atoms with Gasteiger partial charge in [0, 0.05) is 0 Å². The molecule has 2 aromatic carbocycles. The summed E-state index contributed by atoms with van der Waals surface area (Å²) in [5, 5.41) is 0. The predicted octanol–water partition coefficient (Wildman–Crippen LogP) is 3.48. The fourth-order valence-corrected chi connectivity index (χ4v) is 2.02. The standard InChI is InChI=1S/C16H15F3N2O3/c1-23-10-7-8-14(24-2)11(9-10)15(22)21-20-13-6-4-3-5-12(13)16(17,18)19/h3-9,20H,1-2H3,(H,21,22). The summed E-state index contributed by atoms with van der Waals surface area (Å²) in [5.74, 6) is 0.0126. The molecule has 0 unspecified atom stereocenters. The number of para-hydroxylation sites is 1. The van der Waals surface area contributed by atoms with Gasteiger partial charge in [-0.25, -0.2) is 0 Å². The van der Waals surface area contributed by atoms with Gasteiger partial charge in [0.2, 0.25) is 0 Å². The zero-order chi connectivity index (χ0) is 17.7. The number of hydrazine groups is 1. The van der Waals surface area contributed by atoms with Crippen LogP contribution in [0.15, 0.2) is 42.5 Å². The maximum absolute atomic E-state index is 12.9. The number of halogens is 3. The normalized spacial score (nSPS) is 10.9. The van der Waals surface area contributed by atoms with Crippen LogP contribution in [0.2, 0.25) is 0 Å². The van der Waals surface area contributed by atoms with Crippen LogP contribution in [0.1, 0.15) is 15.9 Å². The van der Waals surface area contributed by atoms with Gasteiger partial charge in [0.1, 0.15) is 11.5 Å². The molecule has 0 fully saturated rings. The number of alkyl halides is 3. The lowest BCUT2D eigenvalue weighted by molar-refractivity contribution is -0.137. The van der Waals surface area contributed by atoms with Crippen LogP contribution < -0.4 is 20.3 Å². The SMILES string of the molecule is COc1ccc(OC)c(C(=O)NNc2ccccc2C(F)(F)F)c1. The molecule has 0 saturated heterocycles. The Balaban J connectivity index is 2.21. The first-order valence-electron chi connectivity index (χ1n) is 6.81. The molecule has 0 aliphatic rings. The average Bonchev–Trinajstić information content (AvgIpc) is 2.58. The highest BCUT2D eigenvalue weighted by molar-refractivity contribution is 5.98. The summed E-state index contributed by atoms with van der Waals surface area (Å²) in [7, 11) is 2.81. The Hall–Kier alpha value is -2.90. The third kappa shape index (κ3) is 3.89. The van der Waals surface area contributed by atoms with Crippen molar-refractivity contribution in [2.24, 2.45) is 0 Å². The van der Waals surface area contributed by atoms with E-state index in [4.69, 9.17) is 9.47 Å². The van der Waals surface area contributed by atoms with E-state index in [1.807, 2.05) is 0 Å². The second-order valence-corrected chi connectivity index (χ2v) is 4.69. The number of methoxy groups -OCH3 is 2. The molecular weight excluding hydrogens is 325 g/mol. The molecule has 0 radical (unpaired) electrons. The Labute approximate surface area is 136 Å². The van der Waals surface area contributed by atoms with Crippen LogP contribution in [0.4, 0.5) is 18.9 Å². The smallest absolute Gasteiger partial charge is 0.418 e. The minimum atomic E-state index is -4.54. The van der Waals surface area contributed by atoms with Gasteiger partial charge in [-0.3, -0.25) is 15.6 Å². The molecule has 0 saturated carbocycles. The fraction of sp³-hybridized carbons (Fsp3) is 0.188. The molecule has 0 aliphatic carbocycles. The van der Waals surface area contributed by atoms with Crippen molar-refractivity contribution in [3.05, 3.63) is 53.6 Å². The number of hydrogen-bond acceptors (Lipinski definition) is 4. The van der Waals surface area contributed by atoms with E-state index in [2.05, 4.69) is 10.9 Å². The number of ether oxygens (including phenoxy) is 2. The number of anilines is 1. The van der Waals surface area contributed by atoms with Gasteiger partial charge in [0.25, 0.3) is 5.91 Å². The van der Waals surface area contributed by atoms with Crippen LogP contribution in [-0.2, 0) is 6.18 Å². The Morgan fingerprint density at radius 3 is 2.38 bits per heavy atom. The summed E-state index contributed by atoms with van der Waals surface area (Å²) in [6.07, 6.45) is -4.54. The van der Waals surface area contributed by atoms with E-state index in [1.54, 1.807) is 6.07 Å². The van der Waals surface area contributed by atoms with E-state index >= 15 is 0 Å². The third-order valence-electron chi connectivity index (χ3n) is 3.19. The van der Waals surface area contributed by atoms with E-state index < -0.39 is 17.6 Å². The van der Waals surface area contributed by atoms with Crippen LogP contribution in [0.3, 0.4) is 0 Å². The van der Waals surface area contributed by atoms with Gasteiger partial charge in [-0.05, 0) is 30.3 Å². The minimum absolute atomic E-state index is 0.119. The quantitative estimate of drug-likeness (QED) is 0.818. The van der Waals surface area contributed by atoms with Gasteiger partial charge in [-0.1, -0.05) is 12.1 Å². The van der Waals surface area contributed by atoms with Gasteiger partial charge < -0.3 is 9.47 Å². The second kappa shape index (κ2) is 7.12. The lowest BCUT2D eigenvalue weighted by Gasteiger charge is -2.16. The predicted molar refractivity (Wildman–Crippen MR) is 82.1 cm³/mol. The lowest BCUT2D eigenvalue weighted by atomic mass is 10.1. The number of carbonyl (C=O) groups excluding carboxylic acids is 1. The molecule has 8 heteroatoms. The first-order valence-corrected chi connectivity index (χ1v) is 6.81. The van der Waals surface area contributed by atoms with Gasteiger partial charge in [-0.15, -0.1) is 0 Å². The first-order chi connectivity index (χ1) is 11.4. The van der Waals surface area contributed by atoms with Gasteiger partial charge in [-0.2, -0.15) is 13.2 Å². The molecule has 0 aromatic heterocycles. The molecule has 2 rings (SSSR count). The molecule has 2 N–H and O–H groups in total. The number of hydrogen-bond donors (Lipinski definition) is 2. The molecule has 1 amide bonds. The van der Waals surface area contributed by atoms with Crippen molar-refractivity contribution < 1.29 is 27.4 Å². The highest BCUT2D eigenvalue weighted by Crippen LogP contribution is 2.34. The van der Waals surface area contributed by atoms with Gasteiger partial charge in [0.05, 0.1) is 31.0 Å². The Bertz CT molecular complexity index is 733. The summed E-state index contributed by atoms with van der Waals surface area (Å²) >= 11 is 0. The highest BCUT2D eigenvalue weighted by Gasteiger charge is 2.33. The Kier molecular flexibility index (Phi) is 5.18. The summed E-state index contributed by atoms with van der Waals surface area (Å²) < 4.78 is 48.9. The van der Waals surface area contributed by atoms with Crippen LogP contribution >= 0.6 is 0 Å². The molecule has 5 nitrogen and oxygen atoms in total. The molecule has 24 heavy (non-hydrogen) atoms. The van der Waals surface area contributed by atoms with Crippen molar-refractivity contribution >= 4 is 11.6 Å². The molecule has 0 bridgehead atoms. The molecule has 128 valence electrons. The Morgan fingerprint density at radius 2 is 1.75 bits per heavy atom. The minimum Gasteiger partial charge on any atom is -0.497 e. The fourth-order valence-electron chi connectivity index (χ4n) is 2.02. The molecule has 0 spiro atoms. The van der Waals surface area contributed by atoms with Crippen molar-refractivity contribution in [2.45, 2.75) is 6.18 Å². The lowest BCUT2D eigenvalue weighted by Crippen LogP contribution is -2.30. The monoisotopic (exact) mass is 340 g/mol. The van der Waals surface area contributed by atoms with E-state index in [-0.39, 0.29) is 17.0 Å². The van der Waals surface area contributed by atoms with Gasteiger partial charge in [0.15, 0.2) is 0 Å². The highest BCUT2D eigenvalue weighted by atomic mass is 19.4. The summed E-state index contributed by atoms with van der Waals surface area (Å²) in [6, 6.07) is 9.37. The second-order valence-electron chi connectivity index (χ2n) is 4.69. The molecular formula is C16H15F3N2O3. The Morgan fingerprint density at radius 1 is 1.04 bits per heavy atom. The zero-order valence-corrected chi connectivity index (χ0v) is 12.9. The molecule has 2 aromatic rings. The van der Waals surface area contributed by atoms with E-state index in [0.717, 1.165) is 6.07 Å². The largest absolute Gasteiger partial charge is 0.497 e. The van der Waals surface area contributed by atoms with Crippen molar-refractivity contribution in [1.29, 1.82) is 0 Å². The van der Waals surface area contributed by atoms with Crippen LogP contribution in [0, 0.1) is 0 Å². The molecule has 0 atom stereocenters. The molecule has 0 aliphatic heterocycles. The van der Waals surface area contributed by atoms with E-state index in [0.29, 0.717) is 5.75 Å².